The lowest BCUT2D eigenvalue weighted by Crippen LogP contribution is -2.56. The van der Waals surface area contributed by atoms with Gasteiger partial charge >= 0.3 is 0 Å². The Kier molecular flexibility index (Phi) is 1.92. The summed E-state index contributed by atoms with van der Waals surface area (Å²) in [5.41, 5.74) is 10.5. The normalized spacial score (nSPS) is 33.6. The van der Waals surface area contributed by atoms with Crippen LogP contribution in [-0.4, -0.2) is 24.7 Å². The number of ether oxygens (including phenoxy) is 1. The molecule has 0 aromatic heterocycles. The average molecular weight is 143 g/mol. The van der Waals surface area contributed by atoms with Crippen LogP contribution in [0.25, 0.3) is 0 Å². The van der Waals surface area contributed by atoms with E-state index in [-0.39, 0.29) is 0 Å². The smallest absolute Gasteiger partial charge is 0.174 e. The lowest BCUT2D eigenvalue weighted by molar-refractivity contribution is 0.00444. The molecule has 1 heterocycles. The first-order chi connectivity index (χ1) is 4.69. The van der Waals surface area contributed by atoms with E-state index >= 15 is 0 Å². The molecule has 0 amide bonds. The van der Waals surface area contributed by atoms with Gasteiger partial charge in [0.2, 0.25) is 0 Å². The Labute approximate surface area is 60.2 Å². The number of aliphatic imine (C=N–C) groups is 1. The second-order valence-electron chi connectivity index (χ2n) is 2.36. The first-order valence-corrected chi connectivity index (χ1v) is 3.42. The molecule has 4 heteroatoms. The monoisotopic (exact) mass is 143 g/mol. The largest absolute Gasteiger partial charge is 0.384 e. The van der Waals surface area contributed by atoms with Gasteiger partial charge in [-0.1, -0.05) is 6.92 Å². The molecule has 4 N–H and O–H groups in total. The first-order valence-electron chi connectivity index (χ1n) is 3.42. The van der Waals surface area contributed by atoms with Crippen molar-refractivity contribution in [2.75, 3.05) is 13.2 Å². The minimum absolute atomic E-state index is 0.418. The molecule has 0 aliphatic carbocycles. The molecule has 58 valence electrons. The van der Waals surface area contributed by atoms with E-state index in [1.54, 1.807) is 0 Å². The van der Waals surface area contributed by atoms with E-state index in [2.05, 4.69) is 4.99 Å². The van der Waals surface area contributed by atoms with Crippen molar-refractivity contribution in [2.24, 2.45) is 16.5 Å². The maximum absolute atomic E-state index is 5.72. The van der Waals surface area contributed by atoms with Crippen molar-refractivity contribution in [1.29, 1.82) is 0 Å². The first kappa shape index (κ1) is 7.50. The Morgan fingerprint density at radius 1 is 1.80 bits per heavy atom. The molecule has 1 aliphatic heterocycles. The molecular weight excluding hydrogens is 130 g/mol. The van der Waals surface area contributed by atoms with Gasteiger partial charge in [0.1, 0.15) is 5.84 Å². The van der Waals surface area contributed by atoms with E-state index in [4.69, 9.17) is 16.2 Å². The highest BCUT2D eigenvalue weighted by molar-refractivity contribution is 5.88. The molecule has 0 bridgehead atoms. The summed E-state index contributed by atoms with van der Waals surface area (Å²) in [5.74, 6) is 0.418. The van der Waals surface area contributed by atoms with E-state index in [0.29, 0.717) is 25.4 Å². The minimum Gasteiger partial charge on any atom is -0.384 e. The van der Waals surface area contributed by atoms with Crippen molar-refractivity contribution in [3.8, 4) is 0 Å². The highest BCUT2D eigenvalue weighted by atomic mass is 16.5. The Morgan fingerprint density at radius 3 is 2.90 bits per heavy atom. The molecule has 1 aliphatic rings. The van der Waals surface area contributed by atoms with Gasteiger partial charge in [0, 0.05) is 0 Å². The number of rotatable bonds is 1. The minimum atomic E-state index is -0.793. The van der Waals surface area contributed by atoms with Gasteiger partial charge < -0.3 is 10.5 Å². The van der Waals surface area contributed by atoms with E-state index in [0.717, 1.165) is 0 Å². The highest BCUT2D eigenvalue weighted by Gasteiger charge is 2.30. The van der Waals surface area contributed by atoms with Crippen LogP contribution in [0.4, 0.5) is 0 Å². The van der Waals surface area contributed by atoms with E-state index in [1.165, 1.54) is 0 Å². The summed E-state index contributed by atoms with van der Waals surface area (Å²) in [7, 11) is 0. The van der Waals surface area contributed by atoms with Crippen molar-refractivity contribution < 1.29 is 4.74 Å². The summed E-state index contributed by atoms with van der Waals surface area (Å²) in [6, 6.07) is 0. The summed E-state index contributed by atoms with van der Waals surface area (Å²) >= 11 is 0. The van der Waals surface area contributed by atoms with Crippen LogP contribution in [0.15, 0.2) is 4.99 Å². The van der Waals surface area contributed by atoms with Crippen molar-refractivity contribution in [3.63, 3.8) is 0 Å². The Morgan fingerprint density at radius 2 is 2.50 bits per heavy atom. The van der Waals surface area contributed by atoms with E-state index in [9.17, 15) is 0 Å². The standard InChI is InChI=1S/C6H13N3O/c1-2-6(8)5(7)9-3-4-10-6/h2-4,8H2,1H3,(H2,7,9). The topological polar surface area (TPSA) is 73.6 Å². The molecule has 0 radical (unpaired) electrons. The third-order valence-corrected chi connectivity index (χ3v) is 1.69. The summed E-state index contributed by atoms with van der Waals surface area (Å²) < 4.78 is 5.25. The van der Waals surface area contributed by atoms with Crippen LogP contribution in [0.3, 0.4) is 0 Å². The van der Waals surface area contributed by atoms with Crippen molar-refractivity contribution >= 4 is 5.84 Å². The molecule has 0 spiro atoms. The Bertz CT molecular complexity index is 157. The molecule has 0 saturated carbocycles. The van der Waals surface area contributed by atoms with Crippen molar-refractivity contribution in [1.82, 2.24) is 0 Å². The maximum atomic E-state index is 5.72. The van der Waals surface area contributed by atoms with Gasteiger partial charge in [-0.15, -0.1) is 0 Å². The molecule has 4 nitrogen and oxygen atoms in total. The number of amidine groups is 1. The molecule has 0 saturated heterocycles. The van der Waals surface area contributed by atoms with Gasteiger partial charge in [0.05, 0.1) is 13.2 Å². The van der Waals surface area contributed by atoms with Gasteiger partial charge in [-0.05, 0) is 6.42 Å². The lowest BCUT2D eigenvalue weighted by atomic mass is 10.1. The highest BCUT2D eigenvalue weighted by Crippen LogP contribution is 2.11. The summed E-state index contributed by atoms with van der Waals surface area (Å²) in [6.45, 7) is 3.13. The third kappa shape index (κ3) is 1.12. The van der Waals surface area contributed by atoms with E-state index < -0.39 is 5.72 Å². The Balaban J connectivity index is 2.74. The molecule has 0 fully saturated rings. The fourth-order valence-corrected chi connectivity index (χ4v) is 0.885. The quantitative estimate of drug-likeness (QED) is 0.516. The molecule has 1 unspecified atom stereocenters. The molecule has 10 heavy (non-hydrogen) atoms. The predicted molar refractivity (Wildman–Crippen MR) is 39.7 cm³/mol. The molecule has 0 aromatic rings. The fraction of sp³-hybridized carbons (Fsp3) is 0.833. The van der Waals surface area contributed by atoms with E-state index in [1.807, 2.05) is 6.92 Å². The zero-order chi connectivity index (χ0) is 7.61. The SMILES string of the molecule is CCC1(N)OCCN=C1N. The third-order valence-electron chi connectivity index (χ3n) is 1.69. The zero-order valence-corrected chi connectivity index (χ0v) is 6.13. The van der Waals surface area contributed by atoms with Crippen LogP contribution in [-0.2, 0) is 4.74 Å². The van der Waals surface area contributed by atoms with Crippen LogP contribution in [0.1, 0.15) is 13.3 Å². The molecular formula is C6H13N3O. The second-order valence-corrected chi connectivity index (χ2v) is 2.36. The maximum Gasteiger partial charge on any atom is 0.174 e. The Hall–Kier alpha value is -0.610. The van der Waals surface area contributed by atoms with Gasteiger partial charge in [0.15, 0.2) is 5.72 Å². The number of hydrogen-bond donors (Lipinski definition) is 2. The summed E-state index contributed by atoms with van der Waals surface area (Å²) in [6.07, 6.45) is 0.669. The molecule has 1 atom stereocenters. The predicted octanol–water partition coefficient (Wildman–Crippen LogP) is -0.561. The molecule has 0 aromatic carbocycles. The van der Waals surface area contributed by atoms with Crippen molar-refractivity contribution in [3.05, 3.63) is 0 Å². The van der Waals surface area contributed by atoms with Crippen LogP contribution in [0.5, 0.6) is 0 Å². The fourth-order valence-electron chi connectivity index (χ4n) is 0.885. The summed E-state index contributed by atoms with van der Waals surface area (Å²) in [4.78, 5) is 4.00. The van der Waals surface area contributed by atoms with Crippen molar-refractivity contribution in [2.45, 2.75) is 19.1 Å². The number of hydrogen-bond acceptors (Lipinski definition) is 4. The lowest BCUT2D eigenvalue weighted by Gasteiger charge is -2.30. The van der Waals surface area contributed by atoms with Gasteiger partial charge in [-0.2, -0.15) is 0 Å². The summed E-state index contributed by atoms with van der Waals surface area (Å²) in [5, 5.41) is 0. The van der Waals surface area contributed by atoms with Gasteiger partial charge in [-0.3, -0.25) is 10.7 Å². The van der Waals surface area contributed by atoms with Gasteiger partial charge in [0.25, 0.3) is 0 Å². The van der Waals surface area contributed by atoms with Crippen LogP contribution >= 0.6 is 0 Å². The number of nitrogens with zero attached hydrogens (tertiary/aromatic N) is 1. The van der Waals surface area contributed by atoms with Crippen LogP contribution in [0.2, 0.25) is 0 Å². The zero-order valence-electron chi connectivity index (χ0n) is 6.13. The second kappa shape index (κ2) is 2.56. The molecule has 1 rings (SSSR count). The average Bonchev–Trinajstić information content (AvgIpc) is 1.96. The van der Waals surface area contributed by atoms with Crippen LogP contribution in [0, 0.1) is 0 Å². The number of nitrogens with two attached hydrogens (primary N) is 2. The van der Waals surface area contributed by atoms with Crippen LogP contribution < -0.4 is 11.5 Å². The van der Waals surface area contributed by atoms with Gasteiger partial charge in [-0.25, -0.2) is 0 Å².